The molecular weight excluding hydrogens is 625 g/mol. The maximum absolute atomic E-state index is 2.39. The molecule has 0 heteroatoms. The van der Waals surface area contributed by atoms with E-state index in [0.717, 1.165) is 0 Å². The molecule has 242 valence electrons. The number of hydrogen-bond acceptors (Lipinski definition) is 0. The Kier molecular flexibility index (Phi) is 7.25. The van der Waals surface area contributed by atoms with Gasteiger partial charge in [-0.05, 0) is 141 Å². The highest BCUT2D eigenvalue weighted by Gasteiger charge is 2.13. The van der Waals surface area contributed by atoms with Crippen molar-refractivity contribution in [3.8, 4) is 55.6 Å². The van der Waals surface area contributed by atoms with E-state index in [-0.39, 0.29) is 0 Å². The van der Waals surface area contributed by atoms with E-state index in [1.54, 1.807) is 0 Å². The van der Waals surface area contributed by atoms with E-state index in [2.05, 4.69) is 206 Å². The zero-order chi connectivity index (χ0) is 34.4. The first-order chi connectivity index (χ1) is 25.7. The monoisotopic (exact) mass is 658 g/mol. The molecule has 0 atom stereocenters. The van der Waals surface area contributed by atoms with E-state index in [4.69, 9.17) is 0 Å². The summed E-state index contributed by atoms with van der Waals surface area (Å²) in [5.41, 5.74) is 12.3. The fraction of sp³-hybridized carbons (Fsp3) is 0. The first-order valence-corrected chi connectivity index (χ1v) is 18.0. The summed E-state index contributed by atoms with van der Waals surface area (Å²) in [5.74, 6) is 0. The third kappa shape index (κ3) is 5.43. The van der Waals surface area contributed by atoms with Crippen LogP contribution in [0, 0.1) is 0 Å². The largest absolute Gasteiger partial charge is 0.0622 e. The maximum Gasteiger partial charge on any atom is -0.00928 e. The van der Waals surface area contributed by atoms with Crippen LogP contribution in [0.3, 0.4) is 0 Å². The highest BCUT2D eigenvalue weighted by Crippen LogP contribution is 2.40. The lowest BCUT2D eigenvalue weighted by molar-refractivity contribution is 1.61. The molecule has 10 aromatic rings. The standard InChI is InChI=1S/C52H34/c1-3-10-35(11-4-1)41-20-21-44-31-45(23-22-43(44)30-41)46-24-26-49-48(32-46)34-51(37-13-5-2-6-14-37)52-33-47(25-27-50(49)52)40-17-9-16-39(29-40)42-19-18-36-12-7-8-15-38(36)28-42/h1-34H. The first kappa shape index (κ1) is 30.1. The van der Waals surface area contributed by atoms with Crippen molar-refractivity contribution in [2.24, 2.45) is 0 Å². The third-order valence-electron chi connectivity index (χ3n) is 10.6. The van der Waals surface area contributed by atoms with E-state index in [0.29, 0.717) is 0 Å². The van der Waals surface area contributed by atoms with Crippen LogP contribution < -0.4 is 0 Å². The predicted octanol–water partition coefficient (Wildman–Crippen LogP) is 14.6. The summed E-state index contributed by atoms with van der Waals surface area (Å²) in [7, 11) is 0. The zero-order valence-electron chi connectivity index (χ0n) is 28.6. The molecule has 52 heavy (non-hydrogen) atoms. The van der Waals surface area contributed by atoms with Gasteiger partial charge in [-0.2, -0.15) is 0 Å². The zero-order valence-corrected chi connectivity index (χ0v) is 28.6. The van der Waals surface area contributed by atoms with Gasteiger partial charge < -0.3 is 0 Å². The molecule has 0 radical (unpaired) electrons. The molecule has 0 saturated carbocycles. The Morgan fingerprint density at radius 3 is 1.25 bits per heavy atom. The van der Waals surface area contributed by atoms with Crippen LogP contribution in [-0.4, -0.2) is 0 Å². The van der Waals surface area contributed by atoms with Crippen LogP contribution >= 0.6 is 0 Å². The molecule has 0 amide bonds. The van der Waals surface area contributed by atoms with Crippen molar-refractivity contribution in [1.29, 1.82) is 0 Å². The normalized spacial score (nSPS) is 11.5. The lowest BCUT2D eigenvalue weighted by Gasteiger charge is -2.15. The van der Waals surface area contributed by atoms with Gasteiger partial charge in [0.05, 0.1) is 0 Å². The summed E-state index contributed by atoms with van der Waals surface area (Å²) in [5, 5.41) is 10.1. The summed E-state index contributed by atoms with van der Waals surface area (Å²) >= 11 is 0. The van der Waals surface area contributed by atoms with Crippen LogP contribution in [0.1, 0.15) is 0 Å². The van der Waals surface area contributed by atoms with Gasteiger partial charge in [0.2, 0.25) is 0 Å². The van der Waals surface area contributed by atoms with Gasteiger partial charge >= 0.3 is 0 Å². The highest BCUT2D eigenvalue weighted by atomic mass is 14.2. The van der Waals surface area contributed by atoms with Gasteiger partial charge in [-0.25, -0.2) is 0 Å². The van der Waals surface area contributed by atoms with Gasteiger partial charge in [-0.3, -0.25) is 0 Å². The van der Waals surface area contributed by atoms with Gasteiger partial charge in [0.1, 0.15) is 0 Å². The van der Waals surface area contributed by atoms with Crippen molar-refractivity contribution in [1.82, 2.24) is 0 Å². The predicted molar refractivity (Wildman–Crippen MR) is 224 cm³/mol. The van der Waals surface area contributed by atoms with Crippen molar-refractivity contribution < 1.29 is 0 Å². The third-order valence-corrected chi connectivity index (χ3v) is 10.6. The van der Waals surface area contributed by atoms with E-state index >= 15 is 0 Å². The lowest BCUT2D eigenvalue weighted by Crippen LogP contribution is -1.88. The van der Waals surface area contributed by atoms with Crippen molar-refractivity contribution in [2.75, 3.05) is 0 Å². The molecule has 0 heterocycles. The molecule has 0 aliphatic carbocycles. The van der Waals surface area contributed by atoms with Crippen molar-refractivity contribution >= 4 is 43.1 Å². The SMILES string of the molecule is c1ccc(-c2ccc3cc(-c4ccc5c(c4)cc(-c4ccccc4)c4cc(-c6cccc(-c7ccc8ccccc8c7)c6)ccc45)ccc3c2)cc1. The average Bonchev–Trinajstić information content (AvgIpc) is 3.23. The minimum Gasteiger partial charge on any atom is -0.0622 e. The molecule has 0 bridgehead atoms. The van der Waals surface area contributed by atoms with Crippen LogP contribution in [0.25, 0.3) is 98.7 Å². The molecule has 0 spiro atoms. The maximum atomic E-state index is 2.39. The summed E-state index contributed by atoms with van der Waals surface area (Å²) in [6.45, 7) is 0. The van der Waals surface area contributed by atoms with Crippen molar-refractivity contribution in [2.45, 2.75) is 0 Å². The topological polar surface area (TPSA) is 0 Å². The lowest BCUT2D eigenvalue weighted by atomic mass is 9.89. The van der Waals surface area contributed by atoms with Crippen LogP contribution in [-0.2, 0) is 0 Å². The molecule has 0 aromatic heterocycles. The minimum absolute atomic E-state index is 1.22. The van der Waals surface area contributed by atoms with Crippen LogP contribution in [0.4, 0.5) is 0 Å². The minimum atomic E-state index is 1.22. The van der Waals surface area contributed by atoms with Gasteiger partial charge in [-0.15, -0.1) is 0 Å². The van der Waals surface area contributed by atoms with E-state index in [1.807, 2.05) is 0 Å². The smallest absolute Gasteiger partial charge is 0.00928 e. The van der Waals surface area contributed by atoms with Crippen LogP contribution in [0.5, 0.6) is 0 Å². The van der Waals surface area contributed by atoms with Crippen LogP contribution in [0.2, 0.25) is 0 Å². The van der Waals surface area contributed by atoms with Gasteiger partial charge in [0.25, 0.3) is 0 Å². The van der Waals surface area contributed by atoms with E-state index in [1.165, 1.54) is 98.7 Å². The van der Waals surface area contributed by atoms with Crippen LogP contribution in [0.15, 0.2) is 206 Å². The summed E-state index contributed by atoms with van der Waals surface area (Å²) in [6.07, 6.45) is 0. The summed E-state index contributed by atoms with van der Waals surface area (Å²) < 4.78 is 0. The Hall–Kier alpha value is -6.76. The number of fused-ring (bicyclic) bond motifs is 5. The summed E-state index contributed by atoms with van der Waals surface area (Å²) in [4.78, 5) is 0. The number of rotatable bonds is 5. The molecule has 10 rings (SSSR count). The van der Waals surface area contributed by atoms with E-state index < -0.39 is 0 Å². The Morgan fingerprint density at radius 1 is 0.173 bits per heavy atom. The Bertz CT molecular complexity index is 2940. The molecule has 10 aromatic carbocycles. The Morgan fingerprint density at radius 2 is 0.596 bits per heavy atom. The number of benzene rings is 10. The second kappa shape index (κ2) is 12.5. The number of hydrogen-bond donors (Lipinski definition) is 0. The van der Waals surface area contributed by atoms with Gasteiger partial charge in [-0.1, -0.05) is 164 Å². The quantitative estimate of drug-likeness (QED) is 0.161. The first-order valence-electron chi connectivity index (χ1n) is 18.0. The Balaban J connectivity index is 1.07. The fourth-order valence-corrected chi connectivity index (χ4v) is 7.86. The summed E-state index contributed by atoms with van der Waals surface area (Å²) in [6, 6.07) is 75.6. The van der Waals surface area contributed by atoms with E-state index in [9.17, 15) is 0 Å². The average molecular weight is 659 g/mol. The molecule has 0 saturated heterocycles. The molecule has 0 aliphatic rings. The Labute approximate surface area is 303 Å². The fourth-order valence-electron chi connectivity index (χ4n) is 7.86. The molecule has 0 nitrogen and oxygen atoms in total. The second-order valence-corrected chi connectivity index (χ2v) is 13.8. The van der Waals surface area contributed by atoms with Crippen molar-refractivity contribution in [3.05, 3.63) is 206 Å². The van der Waals surface area contributed by atoms with Gasteiger partial charge in [0, 0.05) is 0 Å². The molecule has 0 aliphatic heterocycles. The second-order valence-electron chi connectivity index (χ2n) is 13.8. The molecule has 0 fully saturated rings. The van der Waals surface area contributed by atoms with Gasteiger partial charge in [0.15, 0.2) is 0 Å². The highest BCUT2D eigenvalue weighted by molar-refractivity contribution is 6.15. The molecule has 0 unspecified atom stereocenters. The molecular formula is C52H34. The molecule has 0 N–H and O–H groups in total. The van der Waals surface area contributed by atoms with Crippen molar-refractivity contribution in [3.63, 3.8) is 0 Å².